The van der Waals surface area contributed by atoms with Gasteiger partial charge in [-0.15, -0.1) is 0 Å². The fourth-order valence-electron chi connectivity index (χ4n) is 3.15. The standard InChI is InChI=1S/C14H18ClN3O/c15-10-5-6-12(17-9-10)14(19)18-8-2-4-13(18)11-3-1-7-16-11/h5-6,9,11,13,16H,1-4,7-8H2. The maximum absolute atomic E-state index is 12.5. The predicted molar refractivity (Wildman–Crippen MR) is 74.3 cm³/mol. The minimum atomic E-state index is 0.0351. The first-order valence-corrected chi connectivity index (χ1v) is 7.29. The van der Waals surface area contributed by atoms with E-state index in [0.29, 0.717) is 22.8 Å². The molecule has 0 aliphatic carbocycles. The van der Waals surface area contributed by atoms with Gasteiger partial charge < -0.3 is 10.2 Å². The minimum absolute atomic E-state index is 0.0351. The molecule has 102 valence electrons. The predicted octanol–water partition coefficient (Wildman–Crippen LogP) is 2.09. The molecule has 0 spiro atoms. The molecule has 19 heavy (non-hydrogen) atoms. The van der Waals surface area contributed by atoms with Gasteiger partial charge in [-0.3, -0.25) is 4.79 Å². The summed E-state index contributed by atoms with van der Waals surface area (Å²) in [6.07, 6.45) is 6.09. The highest BCUT2D eigenvalue weighted by Crippen LogP contribution is 2.26. The monoisotopic (exact) mass is 279 g/mol. The topological polar surface area (TPSA) is 45.2 Å². The van der Waals surface area contributed by atoms with Crippen LogP contribution < -0.4 is 5.32 Å². The van der Waals surface area contributed by atoms with Crippen LogP contribution in [0.4, 0.5) is 0 Å². The summed E-state index contributed by atoms with van der Waals surface area (Å²) in [6.45, 7) is 1.91. The van der Waals surface area contributed by atoms with Gasteiger partial charge in [0.05, 0.1) is 5.02 Å². The van der Waals surface area contributed by atoms with Gasteiger partial charge in [0.1, 0.15) is 5.69 Å². The van der Waals surface area contributed by atoms with E-state index in [1.807, 2.05) is 4.90 Å². The quantitative estimate of drug-likeness (QED) is 0.902. The van der Waals surface area contributed by atoms with Crippen molar-refractivity contribution in [2.45, 2.75) is 37.8 Å². The Morgan fingerprint density at radius 1 is 1.37 bits per heavy atom. The van der Waals surface area contributed by atoms with Crippen molar-refractivity contribution in [3.8, 4) is 0 Å². The molecule has 5 heteroatoms. The molecule has 0 bridgehead atoms. The van der Waals surface area contributed by atoms with Crippen molar-refractivity contribution in [2.24, 2.45) is 0 Å². The lowest BCUT2D eigenvalue weighted by atomic mass is 10.0. The third kappa shape index (κ3) is 2.60. The van der Waals surface area contributed by atoms with Crippen molar-refractivity contribution in [3.05, 3.63) is 29.0 Å². The molecule has 2 saturated heterocycles. The van der Waals surface area contributed by atoms with Crippen LogP contribution in [-0.2, 0) is 0 Å². The lowest BCUT2D eigenvalue weighted by Crippen LogP contribution is -2.46. The van der Waals surface area contributed by atoms with Gasteiger partial charge in [-0.25, -0.2) is 4.98 Å². The Balaban J connectivity index is 1.76. The third-order valence-electron chi connectivity index (χ3n) is 4.07. The maximum Gasteiger partial charge on any atom is 0.272 e. The average molecular weight is 280 g/mol. The number of pyridine rings is 1. The fourth-order valence-corrected chi connectivity index (χ4v) is 3.26. The number of nitrogens with zero attached hydrogens (tertiary/aromatic N) is 2. The highest BCUT2D eigenvalue weighted by atomic mass is 35.5. The molecule has 0 aromatic carbocycles. The first-order chi connectivity index (χ1) is 9.25. The normalized spacial score (nSPS) is 26.9. The van der Waals surface area contributed by atoms with E-state index >= 15 is 0 Å². The van der Waals surface area contributed by atoms with Gasteiger partial charge in [-0.05, 0) is 44.4 Å². The highest BCUT2D eigenvalue weighted by Gasteiger charge is 2.36. The van der Waals surface area contributed by atoms with Crippen molar-refractivity contribution in [1.29, 1.82) is 0 Å². The summed E-state index contributed by atoms with van der Waals surface area (Å²) in [4.78, 5) is 18.6. The molecule has 1 aromatic rings. The van der Waals surface area contributed by atoms with Crippen molar-refractivity contribution < 1.29 is 4.79 Å². The van der Waals surface area contributed by atoms with Gasteiger partial charge in [0.15, 0.2) is 0 Å². The van der Waals surface area contributed by atoms with E-state index in [1.54, 1.807) is 12.1 Å². The highest BCUT2D eigenvalue weighted by molar-refractivity contribution is 6.30. The van der Waals surface area contributed by atoms with Gasteiger partial charge in [0.25, 0.3) is 5.91 Å². The second-order valence-corrected chi connectivity index (χ2v) is 5.71. The number of aromatic nitrogens is 1. The Hall–Kier alpha value is -1.13. The number of likely N-dealkylation sites (tertiary alicyclic amines) is 1. The van der Waals surface area contributed by atoms with Crippen molar-refractivity contribution in [1.82, 2.24) is 15.2 Å². The van der Waals surface area contributed by atoms with Gasteiger partial charge >= 0.3 is 0 Å². The van der Waals surface area contributed by atoms with E-state index in [2.05, 4.69) is 10.3 Å². The Labute approximate surface area is 118 Å². The molecule has 2 aliphatic heterocycles. The minimum Gasteiger partial charge on any atom is -0.333 e. The van der Waals surface area contributed by atoms with E-state index in [1.165, 1.54) is 19.0 Å². The molecule has 0 radical (unpaired) electrons. The Morgan fingerprint density at radius 3 is 2.95 bits per heavy atom. The number of amides is 1. The van der Waals surface area contributed by atoms with Crippen LogP contribution in [0, 0.1) is 0 Å². The van der Waals surface area contributed by atoms with Crippen LogP contribution in [-0.4, -0.2) is 41.0 Å². The number of carbonyl (C=O) groups is 1. The van der Waals surface area contributed by atoms with Crippen molar-refractivity contribution >= 4 is 17.5 Å². The number of nitrogens with one attached hydrogen (secondary N) is 1. The molecular weight excluding hydrogens is 262 g/mol. The third-order valence-corrected chi connectivity index (χ3v) is 4.29. The number of carbonyl (C=O) groups excluding carboxylic acids is 1. The van der Waals surface area contributed by atoms with E-state index in [4.69, 9.17) is 11.6 Å². The summed E-state index contributed by atoms with van der Waals surface area (Å²) in [5.41, 5.74) is 0.495. The lowest BCUT2D eigenvalue weighted by molar-refractivity contribution is 0.0705. The largest absolute Gasteiger partial charge is 0.333 e. The molecule has 2 fully saturated rings. The molecule has 2 aliphatic rings. The summed E-state index contributed by atoms with van der Waals surface area (Å²) in [6, 6.07) is 4.22. The van der Waals surface area contributed by atoms with Crippen molar-refractivity contribution in [3.63, 3.8) is 0 Å². The van der Waals surface area contributed by atoms with E-state index < -0.39 is 0 Å². The molecular formula is C14H18ClN3O. The Bertz CT molecular complexity index is 456. The molecule has 2 unspecified atom stereocenters. The smallest absolute Gasteiger partial charge is 0.272 e. The molecule has 1 aromatic heterocycles. The summed E-state index contributed by atoms with van der Waals surface area (Å²) >= 11 is 5.81. The van der Waals surface area contributed by atoms with Crippen LogP contribution in [0.3, 0.4) is 0 Å². The van der Waals surface area contributed by atoms with Gasteiger partial charge in [0.2, 0.25) is 0 Å². The van der Waals surface area contributed by atoms with Crippen LogP contribution in [0.5, 0.6) is 0 Å². The van der Waals surface area contributed by atoms with Crippen LogP contribution in [0.15, 0.2) is 18.3 Å². The van der Waals surface area contributed by atoms with Gasteiger partial charge in [-0.1, -0.05) is 11.6 Å². The van der Waals surface area contributed by atoms with Crippen LogP contribution in [0.1, 0.15) is 36.2 Å². The summed E-state index contributed by atoms with van der Waals surface area (Å²) in [5, 5.41) is 4.07. The zero-order valence-electron chi connectivity index (χ0n) is 10.8. The number of rotatable bonds is 2. The first-order valence-electron chi connectivity index (χ1n) is 6.91. The Kier molecular flexibility index (Phi) is 3.71. The molecule has 1 N–H and O–H groups in total. The maximum atomic E-state index is 12.5. The average Bonchev–Trinajstić information content (AvgIpc) is 3.09. The number of hydrogen-bond acceptors (Lipinski definition) is 3. The molecule has 1 amide bonds. The summed E-state index contributed by atoms with van der Waals surface area (Å²) in [7, 11) is 0. The lowest BCUT2D eigenvalue weighted by Gasteiger charge is -2.29. The SMILES string of the molecule is O=C(c1ccc(Cl)cn1)N1CCCC1C1CCCN1. The molecule has 0 saturated carbocycles. The van der Waals surface area contributed by atoms with E-state index in [-0.39, 0.29) is 5.91 Å². The van der Waals surface area contributed by atoms with Crippen LogP contribution >= 0.6 is 11.6 Å². The van der Waals surface area contributed by atoms with Crippen LogP contribution in [0.25, 0.3) is 0 Å². The molecule has 2 atom stereocenters. The Morgan fingerprint density at radius 2 is 2.26 bits per heavy atom. The van der Waals surface area contributed by atoms with E-state index in [0.717, 1.165) is 25.9 Å². The number of halogens is 1. The fraction of sp³-hybridized carbons (Fsp3) is 0.571. The number of hydrogen-bond donors (Lipinski definition) is 1. The molecule has 3 rings (SSSR count). The second kappa shape index (κ2) is 5.47. The van der Waals surface area contributed by atoms with E-state index in [9.17, 15) is 4.79 Å². The summed E-state index contributed by atoms with van der Waals surface area (Å²) in [5.74, 6) is 0.0351. The zero-order chi connectivity index (χ0) is 13.2. The van der Waals surface area contributed by atoms with Gasteiger partial charge in [-0.2, -0.15) is 0 Å². The van der Waals surface area contributed by atoms with Crippen LogP contribution in [0.2, 0.25) is 5.02 Å². The molecule has 3 heterocycles. The molecule has 4 nitrogen and oxygen atoms in total. The van der Waals surface area contributed by atoms with Gasteiger partial charge in [0, 0.05) is 24.8 Å². The van der Waals surface area contributed by atoms with Crippen molar-refractivity contribution in [2.75, 3.05) is 13.1 Å². The summed E-state index contributed by atoms with van der Waals surface area (Å²) < 4.78 is 0. The zero-order valence-corrected chi connectivity index (χ0v) is 11.6. The second-order valence-electron chi connectivity index (χ2n) is 5.27. The first kappa shape index (κ1) is 12.9.